The van der Waals surface area contributed by atoms with Crippen LogP contribution in [0, 0.1) is 5.92 Å². The third-order valence-electron chi connectivity index (χ3n) is 3.80. The summed E-state index contributed by atoms with van der Waals surface area (Å²) in [5.41, 5.74) is 0.475. The van der Waals surface area contributed by atoms with Crippen molar-refractivity contribution < 1.29 is 9.59 Å². The highest BCUT2D eigenvalue weighted by Gasteiger charge is 2.34. The number of anilines is 1. The number of likely N-dealkylation sites (tertiary alicyclic amines) is 1. The molecule has 0 aromatic heterocycles. The molecule has 1 atom stereocenters. The maximum absolute atomic E-state index is 12.4. The Morgan fingerprint density at radius 2 is 2.13 bits per heavy atom. The van der Waals surface area contributed by atoms with Crippen molar-refractivity contribution in [3.8, 4) is 0 Å². The van der Waals surface area contributed by atoms with Gasteiger partial charge in [0.2, 0.25) is 11.8 Å². The molecule has 1 saturated heterocycles. The quantitative estimate of drug-likeness (QED) is 0.851. The summed E-state index contributed by atoms with van der Waals surface area (Å²) in [5, 5.41) is 3.69. The minimum absolute atomic E-state index is 0.0288. The van der Waals surface area contributed by atoms with E-state index in [2.05, 4.69) is 10.2 Å². The normalized spacial score (nSPS) is 17.9. The zero-order chi connectivity index (χ0) is 17.0. The van der Waals surface area contributed by atoms with E-state index in [0.717, 1.165) is 13.0 Å². The predicted octanol–water partition coefficient (Wildman–Crippen LogP) is 2.73. The first kappa shape index (κ1) is 18.0. The summed E-state index contributed by atoms with van der Waals surface area (Å²) in [6.07, 6.45) is 1.14. The SMILES string of the molecule is CN(C)CCCN1CC(C(=O)Nc2cc(Cl)ccc2Cl)CC1=O. The second kappa shape index (κ2) is 7.99. The lowest BCUT2D eigenvalue weighted by Crippen LogP contribution is -2.30. The Balaban J connectivity index is 1.91. The maximum Gasteiger partial charge on any atom is 0.229 e. The molecule has 1 fully saturated rings. The highest BCUT2D eigenvalue weighted by Crippen LogP contribution is 2.27. The largest absolute Gasteiger partial charge is 0.342 e. The van der Waals surface area contributed by atoms with Gasteiger partial charge in [-0.05, 0) is 45.3 Å². The van der Waals surface area contributed by atoms with Gasteiger partial charge in [-0.15, -0.1) is 0 Å². The van der Waals surface area contributed by atoms with Gasteiger partial charge in [0.05, 0.1) is 16.6 Å². The molecular weight excluding hydrogens is 337 g/mol. The van der Waals surface area contributed by atoms with Crippen LogP contribution in [-0.4, -0.2) is 55.3 Å². The van der Waals surface area contributed by atoms with Crippen LogP contribution in [0.4, 0.5) is 5.69 Å². The number of amides is 2. The summed E-state index contributed by atoms with van der Waals surface area (Å²) >= 11 is 12.0. The van der Waals surface area contributed by atoms with Gasteiger partial charge in [0.25, 0.3) is 0 Å². The minimum atomic E-state index is -0.350. The molecule has 1 heterocycles. The number of nitrogens with zero attached hydrogens (tertiary/aromatic N) is 2. The Bertz CT molecular complexity index is 593. The van der Waals surface area contributed by atoms with Gasteiger partial charge in [0.15, 0.2) is 0 Å². The topological polar surface area (TPSA) is 52.6 Å². The maximum atomic E-state index is 12.4. The van der Waals surface area contributed by atoms with Gasteiger partial charge in [0.1, 0.15) is 0 Å². The molecule has 5 nitrogen and oxygen atoms in total. The molecule has 1 N–H and O–H groups in total. The standard InChI is InChI=1S/C16H21Cl2N3O2/c1-20(2)6-3-7-21-10-11(8-15(21)22)16(23)19-14-9-12(17)4-5-13(14)18/h4-5,9,11H,3,6-8,10H2,1-2H3,(H,19,23). The molecular formula is C16H21Cl2N3O2. The fourth-order valence-electron chi connectivity index (χ4n) is 2.57. The van der Waals surface area contributed by atoms with Crippen molar-refractivity contribution in [2.45, 2.75) is 12.8 Å². The fraction of sp³-hybridized carbons (Fsp3) is 0.500. The fourth-order valence-corrected chi connectivity index (χ4v) is 2.91. The Kier molecular flexibility index (Phi) is 6.27. The van der Waals surface area contributed by atoms with Gasteiger partial charge in [-0.3, -0.25) is 9.59 Å². The molecule has 0 bridgehead atoms. The number of carbonyl (C=O) groups excluding carboxylic acids is 2. The number of rotatable bonds is 6. The highest BCUT2D eigenvalue weighted by molar-refractivity contribution is 6.35. The summed E-state index contributed by atoms with van der Waals surface area (Å²) in [7, 11) is 3.99. The molecule has 2 rings (SSSR count). The predicted molar refractivity (Wildman–Crippen MR) is 92.9 cm³/mol. The van der Waals surface area contributed by atoms with Crippen LogP contribution in [0.15, 0.2) is 18.2 Å². The highest BCUT2D eigenvalue weighted by atomic mass is 35.5. The van der Waals surface area contributed by atoms with Gasteiger partial charge in [-0.2, -0.15) is 0 Å². The monoisotopic (exact) mass is 357 g/mol. The zero-order valence-electron chi connectivity index (χ0n) is 13.3. The van der Waals surface area contributed by atoms with Crippen LogP contribution >= 0.6 is 23.2 Å². The smallest absolute Gasteiger partial charge is 0.229 e. The summed E-state index contributed by atoms with van der Waals surface area (Å²) in [5.74, 6) is -0.518. The molecule has 1 aromatic rings. The summed E-state index contributed by atoms with van der Waals surface area (Å²) in [6.45, 7) is 2.05. The second-order valence-electron chi connectivity index (χ2n) is 6.01. The van der Waals surface area contributed by atoms with E-state index in [1.54, 1.807) is 23.1 Å². The van der Waals surface area contributed by atoms with Crippen LogP contribution in [0.5, 0.6) is 0 Å². The van der Waals surface area contributed by atoms with Crippen molar-refractivity contribution in [2.24, 2.45) is 5.92 Å². The minimum Gasteiger partial charge on any atom is -0.342 e. The third kappa shape index (κ3) is 5.09. The van der Waals surface area contributed by atoms with E-state index in [0.29, 0.717) is 28.8 Å². The number of hydrogen-bond donors (Lipinski definition) is 1. The second-order valence-corrected chi connectivity index (χ2v) is 6.85. The first-order chi connectivity index (χ1) is 10.9. The van der Waals surface area contributed by atoms with E-state index in [1.807, 2.05) is 14.1 Å². The number of benzene rings is 1. The molecule has 126 valence electrons. The molecule has 0 spiro atoms. The van der Waals surface area contributed by atoms with E-state index >= 15 is 0 Å². The molecule has 1 aliphatic rings. The number of carbonyl (C=O) groups is 2. The molecule has 1 aliphatic heterocycles. The van der Waals surface area contributed by atoms with Gasteiger partial charge in [-0.25, -0.2) is 0 Å². The van der Waals surface area contributed by atoms with Gasteiger partial charge >= 0.3 is 0 Å². The van der Waals surface area contributed by atoms with Crippen LogP contribution in [0.2, 0.25) is 10.0 Å². The molecule has 1 aromatic carbocycles. The van der Waals surface area contributed by atoms with E-state index in [1.165, 1.54) is 0 Å². The zero-order valence-corrected chi connectivity index (χ0v) is 14.8. The van der Waals surface area contributed by atoms with Crippen LogP contribution in [-0.2, 0) is 9.59 Å². The number of hydrogen-bond acceptors (Lipinski definition) is 3. The van der Waals surface area contributed by atoms with Crippen molar-refractivity contribution in [1.29, 1.82) is 0 Å². The first-order valence-corrected chi connectivity index (χ1v) is 8.31. The lowest BCUT2D eigenvalue weighted by Gasteiger charge is -2.18. The lowest BCUT2D eigenvalue weighted by atomic mass is 10.1. The average Bonchev–Trinajstić information content (AvgIpc) is 2.84. The van der Waals surface area contributed by atoms with Crippen molar-refractivity contribution in [1.82, 2.24) is 9.80 Å². The van der Waals surface area contributed by atoms with Crippen LogP contribution in [0.3, 0.4) is 0 Å². The summed E-state index contributed by atoms with van der Waals surface area (Å²) in [4.78, 5) is 28.2. The molecule has 2 amide bonds. The van der Waals surface area contributed by atoms with Crippen LogP contribution < -0.4 is 5.32 Å². The van der Waals surface area contributed by atoms with E-state index in [4.69, 9.17) is 23.2 Å². The Morgan fingerprint density at radius 1 is 1.39 bits per heavy atom. The number of nitrogens with one attached hydrogen (secondary N) is 1. The molecule has 7 heteroatoms. The molecule has 0 aliphatic carbocycles. The molecule has 1 unspecified atom stereocenters. The average molecular weight is 358 g/mol. The first-order valence-electron chi connectivity index (χ1n) is 7.55. The molecule has 23 heavy (non-hydrogen) atoms. The van der Waals surface area contributed by atoms with E-state index in [9.17, 15) is 9.59 Å². The van der Waals surface area contributed by atoms with Gasteiger partial charge in [-0.1, -0.05) is 23.2 Å². The van der Waals surface area contributed by atoms with Crippen molar-refractivity contribution in [3.63, 3.8) is 0 Å². The molecule has 0 saturated carbocycles. The number of halogens is 2. The Hall–Kier alpha value is -1.30. The van der Waals surface area contributed by atoms with Crippen molar-refractivity contribution in [2.75, 3.05) is 39.0 Å². The summed E-state index contributed by atoms with van der Waals surface area (Å²) in [6, 6.07) is 4.89. The van der Waals surface area contributed by atoms with Crippen molar-refractivity contribution in [3.05, 3.63) is 28.2 Å². The molecule has 0 radical (unpaired) electrons. The lowest BCUT2D eigenvalue weighted by molar-refractivity contribution is -0.128. The van der Waals surface area contributed by atoms with Crippen LogP contribution in [0.1, 0.15) is 12.8 Å². The Labute approximate surface area is 146 Å². The van der Waals surface area contributed by atoms with Gasteiger partial charge in [0, 0.05) is 24.5 Å². The van der Waals surface area contributed by atoms with Crippen LogP contribution in [0.25, 0.3) is 0 Å². The third-order valence-corrected chi connectivity index (χ3v) is 4.37. The summed E-state index contributed by atoms with van der Waals surface area (Å²) < 4.78 is 0. The van der Waals surface area contributed by atoms with Crippen molar-refractivity contribution >= 4 is 40.7 Å². The Morgan fingerprint density at radius 3 is 2.83 bits per heavy atom. The van der Waals surface area contributed by atoms with Gasteiger partial charge < -0.3 is 15.1 Å². The van der Waals surface area contributed by atoms with E-state index in [-0.39, 0.29) is 24.2 Å². The van der Waals surface area contributed by atoms with E-state index < -0.39 is 0 Å².